The molecule has 4 aromatic rings. The number of hydrogen-bond donors (Lipinski definition) is 0. The van der Waals surface area contributed by atoms with Gasteiger partial charge < -0.3 is 4.52 Å². The average Bonchev–Trinajstić information content (AvgIpc) is 3.21. The first-order valence-corrected chi connectivity index (χ1v) is 8.49. The molecule has 0 radical (unpaired) electrons. The summed E-state index contributed by atoms with van der Waals surface area (Å²) >= 11 is 0. The third-order valence-corrected chi connectivity index (χ3v) is 4.35. The Morgan fingerprint density at radius 2 is 1.93 bits per heavy atom. The lowest BCUT2D eigenvalue weighted by molar-refractivity contribution is 0.432. The van der Waals surface area contributed by atoms with Gasteiger partial charge in [-0.2, -0.15) is 10.2 Å². The molecule has 1 aromatic carbocycles. The molecular formula is C21H14FN5O. The van der Waals surface area contributed by atoms with Crippen LogP contribution in [-0.4, -0.2) is 20.1 Å². The van der Waals surface area contributed by atoms with E-state index in [-0.39, 0.29) is 17.4 Å². The van der Waals surface area contributed by atoms with Gasteiger partial charge in [-0.1, -0.05) is 11.2 Å². The minimum absolute atomic E-state index is 0.230. The number of aryl methyl sites for hydroxylation is 2. The Hall–Kier alpha value is -3.92. The second-order valence-electron chi connectivity index (χ2n) is 6.26. The second-order valence-corrected chi connectivity index (χ2v) is 6.26. The average molecular weight is 371 g/mol. The molecule has 0 N–H and O–H groups in total. The summed E-state index contributed by atoms with van der Waals surface area (Å²) in [5.41, 5.74) is 3.69. The van der Waals surface area contributed by atoms with Gasteiger partial charge in [0.1, 0.15) is 5.69 Å². The molecule has 3 heterocycles. The van der Waals surface area contributed by atoms with Crippen LogP contribution >= 0.6 is 0 Å². The van der Waals surface area contributed by atoms with Crippen molar-refractivity contribution in [3.05, 3.63) is 71.4 Å². The van der Waals surface area contributed by atoms with Crippen LogP contribution in [0.4, 0.5) is 4.39 Å². The zero-order valence-corrected chi connectivity index (χ0v) is 15.1. The minimum Gasteiger partial charge on any atom is -0.334 e. The summed E-state index contributed by atoms with van der Waals surface area (Å²) in [5, 5.41) is 13.0. The highest BCUT2D eigenvalue weighted by atomic mass is 19.1. The number of hydrogen-bond acceptors (Lipinski definition) is 6. The largest absolute Gasteiger partial charge is 0.334 e. The Morgan fingerprint density at radius 3 is 2.71 bits per heavy atom. The standard InChI is InChI=1S/C21H14FN5O/c1-12-6-7-24-11-17(12)16-9-18(25-13(2)19(16)22)20-26-21(28-27-20)15-5-3-4-14(8-15)10-23/h3-9,11H,1-2H3. The summed E-state index contributed by atoms with van der Waals surface area (Å²) in [4.78, 5) is 12.7. The predicted octanol–water partition coefficient (Wildman–Crippen LogP) is 4.49. The van der Waals surface area contributed by atoms with Crippen LogP contribution in [0.5, 0.6) is 0 Å². The van der Waals surface area contributed by atoms with Gasteiger partial charge in [-0.25, -0.2) is 9.37 Å². The molecule has 0 saturated carbocycles. The number of rotatable bonds is 3. The van der Waals surface area contributed by atoms with E-state index in [0.29, 0.717) is 27.9 Å². The zero-order chi connectivity index (χ0) is 19.7. The van der Waals surface area contributed by atoms with Gasteiger partial charge in [-0.15, -0.1) is 0 Å². The van der Waals surface area contributed by atoms with Crippen LogP contribution in [0.1, 0.15) is 16.8 Å². The van der Waals surface area contributed by atoms with Crippen LogP contribution in [0.3, 0.4) is 0 Å². The highest BCUT2D eigenvalue weighted by molar-refractivity contribution is 5.71. The summed E-state index contributed by atoms with van der Waals surface area (Å²) in [6, 6.07) is 12.3. The van der Waals surface area contributed by atoms with Gasteiger partial charge in [-0.05, 0) is 49.7 Å². The molecule has 0 bridgehead atoms. The van der Waals surface area contributed by atoms with E-state index < -0.39 is 5.82 Å². The van der Waals surface area contributed by atoms with Crippen LogP contribution in [0, 0.1) is 31.0 Å². The molecule has 0 unspecified atom stereocenters. The van der Waals surface area contributed by atoms with E-state index in [2.05, 4.69) is 26.2 Å². The predicted molar refractivity (Wildman–Crippen MR) is 100 cm³/mol. The SMILES string of the molecule is Cc1ccncc1-c1cc(-c2noc(-c3cccc(C#N)c3)n2)nc(C)c1F. The number of pyridine rings is 2. The molecule has 0 amide bonds. The molecule has 0 fully saturated rings. The molecule has 6 nitrogen and oxygen atoms in total. The van der Waals surface area contributed by atoms with E-state index in [1.807, 2.05) is 13.0 Å². The number of halogens is 1. The Morgan fingerprint density at radius 1 is 1.07 bits per heavy atom. The summed E-state index contributed by atoms with van der Waals surface area (Å²) in [6.45, 7) is 3.48. The highest BCUT2D eigenvalue weighted by Crippen LogP contribution is 2.30. The fourth-order valence-corrected chi connectivity index (χ4v) is 2.88. The van der Waals surface area contributed by atoms with Gasteiger partial charge in [0.15, 0.2) is 5.82 Å². The molecule has 0 aliphatic carbocycles. The second kappa shape index (κ2) is 7.00. The summed E-state index contributed by atoms with van der Waals surface area (Å²) < 4.78 is 20.1. The van der Waals surface area contributed by atoms with Crippen molar-refractivity contribution >= 4 is 0 Å². The quantitative estimate of drug-likeness (QED) is 0.527. The molecular weight excluding hydrogens is 357 g/mol. The fraction of sp³-hybridized carbons (Fsp3) is 0.0952. The highest BCUT2D eigenvalue weighted by Gasteiger charge is 2.18. The van der Waals surface area contributed by atoms with Crippen LogP contribution in [0.25, 0.3) is 34.1 Å². The van der Waals surface area contributed by atoms with Crippen LogP contribution in [0.2, 0.25) is 0 Å². The Balaban J connectivity index is 1.80. The van der Waals surface area contributed by atoms with Gasteiger partial charge in [0.25, 0.3) is 5.89 Å². The van der Waals surface area contributed by atoms with Crippen molar-refractivity contribution in [1.82, 2.24) is 20.1 Å². The first-order chi connectivity index (χ1) is 13.6. The topological polar surface area (TPSA) is 88.5 Å². The maximum absolute atomic E-state index is 14.7. The minimum atomic E-state index is -0.412. The Kier molecular flexibility index (Phi) is 4.38. The first kappa shape index (κ1) is 17.5. The zero-order valence-electron chi connectivity index (χ0n) is 15.1. The lowest BCUT2D eigenvalue weighted by Crippen LogP contribution is -1.98. The van der Waals surface area contributed by atoms with Gasteiger partial charge in [0.05, 0.1) is 17.3 Å². The number of nitriles is 1. The van der Waals surface area contributed by atoms with E-state index >= 15 is 0 Å². The normalized spacial score (nSPS) is 10.6. The van der Waals surface area contributed by atoms with Crippen molar-refractivity contribution in [2.24, 2.45) is 0 Å². The molecule has 4 rings (SSSR count). The number of nitrogens with zero attached hydrogens (tertiary/aromatic N) is 5. The molecule has 136 valence electrons. The van der Waals surface area contributed by atoms with Crippen LogP contribution in [0.15, 0.2) is 53.3 Å². The van der Waals surface area contributed by atoms with Crippen molar-refractivity contribution in [3.8, 4) is 40.2 Å². The van der Waals surface area contributed by atoms with E-state index in [4.69, 9.17) is 9.78 Å². The van der Waals surface area contributed by atoms with Gasteiger partial charge in [-0.3, -0.25) is 4.98 Å². The van der Waals surface area contributed by atoms with Crippen molar-refractivity contribution in [3.63, 3.8) is 0 Å². The lowest BCUT2D eigenvalue weighted by atomic mass is 10.0. The van der Waals surface area contributed by atoms with Gasteiger partial charge in [0, 0.05) is 29.1 Å². The van der Waals surface area contributed by atoms with Crippen molar-refractivity contribution in [2.75, 3.05) is 0 Å². The molecule has 7 heteroatoms. The van der Waals surface area contributed by atoms with Crippen molar-refractivity contribution < 1.29 is 8.91 Å². The van der Waals surface area contributed by atoms with Crippen molar-refractivity contribution in [1.29, 1.82) is 5.26 Å². The van der Waals surface area contributed by atoms with Crippen LogP contribution < -0.4 is 0 Å². The van der Waals surface area contributed by atoms with E-state index in [1.165, 1.54) is 0 Å². The van der Waals surface area contributed by atoms with Crippen molar-refractivity contribution in [2.45, 2.75) is 13.8 Å². The molecule has 0 aliphatic rings. The summed E-state index contributed by atoms with van der Waals surface area (Å²) in [6.07, 6.45) is 3.28. The molecule has 0 atom stereocenters. The van der Waals surface area contributed by atoms with Gasteiger partial charge >= 0.3 is 0 Å². The number of aromatic nitrogens is 4. The maximum Gasteiger partial charge on any atom is 0.258 e. The third-order valence-electron chi connectivity index (χ3n) is 4.35. The molecule has 0 aliphatic heterocycles. The molecule has 3 aromatic heterocycles. The first-order valence-electron chi connectivity index (χ1n) is 8.49. The molecule has 28 heavy (non-hydrogen) atoms. The van der Waals surface area contributed by atoms with E-state index in [9.17, 15) is 4.39 Å². The summed E-state index contributed by atoms with van der Waals surface area (Å²) in [7, 11) is 0. The number of benzene rings is 1. The maximum atomic E-state index is 14.7. The third kappa shape index (κ3) is 3.12. The fourth-order valence-electron chi connectivity index (χ4n) is 2.88. The monoisotopic (exact) mass is 371 g/mol. The smallest absolute Gasteiger partial charge is 0.258 e. The van der Waals surface area contributed by atoms with E-state index in [0.717, 1.165) is 5.56 Å². The van der Waals surface area contributed by atoms with E-state index in [1.54, 1.807) is 49.6 Å². The molecule has 0 saturated heterocycles. The van der Waals surface area contributed by atoms with Crippen LogP contribution in [-0.2, 0) is 0 Å². The lowest BCUT2D eigenvalue weighted by Gasteiger charge is -2.09. The Labute approximate surface area is 160 Å². The Bertz CT molecular complexity index is 1230. The summed E-state index contributed by atoms with van der Waals surface area (Å²) in [5.74, 6) is 0.0866. The van der Waals surface area contributed by atoms with Gasteiger partial charge in [0.2, 0.25) is 5.82 Å². The molecule has 0 spiro atoms.